The van der Waals surface area contributed by atoms with Crippen molar-refractivity contribution in [3.63, 3.8) is 0 Å². The van der Waals surface area contributed by atoms with Crippen molar-refractivity contribution < 1.29 is 9.53 Å². The quantitative estimate of drug-likeness (QED) is 0.889. The first-order valence-electron chi connectivity index (χ1n) is 7.27. The first-order chi connectivity index (χ1) is 10.6. The van der Waals surface area contributed by atoms with Crippen LogP contribution in [0.4, 0.5) is 0 Å². The smallest absolute Gasteiger partial charge is 0.239 e. The number of benzene rings is 2. The van der Waals surface area contributed by atoms with Crippen molar-refractivity contribution in [1.29, 1.82) is 0 Å². The fourth-order valence-electron chi connectivity index (χ4n) is 2.32. The summed E-state index contributed by atoms with van der Waals surface area (Å²) in [4.78, 5) is 14.0. The van der Waals surface area contributed by atoms with Crippen molar-refractivity contribution in [3.8, 4) is 5.75 Å². The van der Waals surface area contributed by atoms with Crippen molar-refractivity contribution >= 4 is 5.91 Å². The normalized spacial score (nSPS) is 11.8. The molecular weight excluding hydrogens is 276 g/mol. The highest BCUT2D eigenvalue weighted by molar-refractivity contribution is 5.81. The number of nitrogens with two attached hydrogens (primary N) is 1. The number of rotatable bonds is 6. The van der Waals surface area contributed by atoms with E-state index in [9.17, 15) is 4.79 Å². The molecule has 0 aliphatic heterocycles. The van der Waals surface area contributed by atoms with Crippen LogP contribution in [-0.2, 0) is 17.8 Å². The summed E-state index contributed by atoms with van der Waals surface area (Å²) in [5, 5.41) is 0. The van der Waals surface area contributed by atoms with Crippen LogP contribution in [0.1, 0.15) is 11.1 Å². The zero-order valence-electron chi connectivity index (χ0n) is 13.0. The van der Waals surface area contributed by atoms with Crippen LogP contribution in [0.5, 0.6) is 5.75 Å². The van der Waals surface area contributed by atoms with Gasteiger partial charge in [0.05, 0.1) is 13.2 Å². The lowest BCUT2D eigenvalue weighted by Gasteiger charge is -2.21. The summed E-state index contributed by atoms with van der Waals surface area (Å²) in [5.74, 6) is 0.740. The number of hydrogen-bond acceptors (Lipinski definition) is 3. The number of methoxy groups -OCH3 is 1. The van der Waals surface area contributed by atoms with Crippen LogP contribution in [0.25, 0.3) is 0 Å². The van der Waals surface area contributed by atoms with E-state index in [1.54, 1.807) is 19.1 Å². The monoisotopic (exact) mass is 298 g/mol. The molecule has 1 atom stereocenters. The van der Waals surface area contributed by atoms with E-state index in [1.165, 1.54) is 0 Å². The number of hydrogen-bond donors (Lipinski definition) is 1. The molecular formula is C18H22N2O2. The Bertz CT molecular complexity index is 596. The summed E-state index contributed by atoms with van der Waals surface area (Å²) in [5.41, 5.74) is 8.17. The molecule has 0 aliphatic carbocycles. The van der Waals surface area contributed by atoms with Crippen LogP contribution >= 0.6 is 0 Å². The Morgan fingerprint density at radius 1 is 1.09 bits per heavy atom. The lowest BCUT2D eigenvalue weighted by molar-refractivity contribution is -0.131. The van der Waals surface area contributed by atoms with Gasteiger partial charge in [0.1, 0.15) is 5.75 Å². The van der Waals surface area contributed by atoms with Crippen LogP contribution in [0.3, 0.4) is 0 Å². The van der Waals surface area contributed by atoms with Crippen molar-refractivity contribution in [3.05, 3.63) is 65.7 Å². The predicted octanol–water partition coefficient (Wildman–Crippen LogP) is 2.22. The lowest BCUT2D eigenvalue weighted by Crippen LogP contribution is -2.42. The van der Waals surface area contributed by atoms with Gasteiger partial charge in [-0.1, -0.05) is 42.5 Å². The fourth-order valence-corrected chi connectivity index (χ4v) is 2.32. The number of nitrogens with zero attached hydrogens (tertiary/aromatic N) is 1. The van der Waals surface area contributed by atoms with Crippen molar-refractivity contribution in [2.45, 2.75) is 19.0 Å². The maximum atomic E-state index is 12.4. The highest BCUT2D eigenvalue weighted by Crippen LogP contribution is 2.13. The minimum Gasteiger partial charge on any atom is -0.497 e. The molecule has 0 aromatic heterocycles. The van der Waals surface area contributed by atoms with Gasteiger partial charge in [-0.15, -0.1) is 0 Å². The van der Waals surface area contributed by atoms with Crippen LogP contribution in [0.15, 0.2) is 54.6 Å². The van der Waals surface area contributed by atoms with Gasteiger partial charge in [0.2, 0.25) is 5.91 Å². The summed E-state index contributed by atoms with van der Waals surface area (Å²) < 4.78 is 5.12. The molecule has 0 unspecified atom stereocenters. The maximum Gasteiger partial charge on any atom is 0.239 e. The van der Waals surface area contributed by atoms with Gasteiger partial charge in [-0.05, 0) is 29.7 Å². The number of likely N-dealkylation sites (N-methyl/N-ethyl adjacent to an activating group) is 1. The Morgan fingerprint density at radius 3 is 2.32 bits per heavy atom. The molecule has 4 heteroatoms. The fraction of sp³-hybridized carbons (Fsp3) is 0.278. The van der Waals surface area contributed by atoms with E-state index in [1.807, 2.05) is 54.6 Å². The Morgan fingerprint density at radius 2 is 1.73 bits per heavy atom. The Balaban J connectivity index is 1.93. The third kappa shape index (κ3) is 4.33. The molecule has 0 heterocycles. The van der Waals surface area contributed by atoms with Crippen molar-refractivity contribution in [2.75, 3.05) is 14.2 Å². The number of carbonyl (C=O) groups is 1. The average Bonchev–Trinajstić information content (AvgIpc) is 2.55. The van der Waals surface area contributed by atoms with Gasteiger partial charge in [0, 0.05) is 13.6 Å². The van der Waals surface area contributed by atoms with Crippen LogP contribution in [-0.4, -0.2) is 31.0 Å². The SMILES string of the molecule is COc1ccc(C[C@H](N)C(=O)N(C)Cc2ccccc2)cc1. The number of amides is 1. The summed E-state index contributed by atoms with van der Waals surface area (Å²) in [7, 11) is 3.41. The molecule has 2 aromatic rings. The van der Waals surface area contributed by atoms with Crippen LogP contribution in [0, 0.1) is 0 Å². The average molecular weight is 298 g/mol. The van der Waals surface area contributed by atoms with E-state index in [-0.39, 0.29) is 5.91 Å². The lowest BCUT2D eigenvalue weighted by atomic mass is 10.1. The molecule has 1 amide bonds. The van der Waals surface area contributed by atoms with Crippen molar-refractivity contribution in [1.82, 2.24) is 4.90 Å². The molecule has 0 fully saturated rings. The minimum absolute atomic E-state index is 0.0559. The molecule has 0 spiro atoms. The van der Waals surface area contributed by atoms with E-state index in [4.69, 9.17) is 10.5 Å². The van der Waals surface area contributed by atoms with Crippen LogP contribution in [0.2, 0.25) is 0 Å². The Hall–Kier alpha value is -2.33. The largest absolute Gasteiger partial charge is 0.497 e. The topological polar surface area (TPSA) is 55.6 Å². The molecule has 0 bridgehead atoms. The number of ether oxygens (including phenoxy) is 1. The molecule has 2 rings (SSSR count). The summed E-state index contributed by atoms with van der Waals surface area (Å²) in [6.07, 6.45) is 0.516. The van der Waals surface area contributed by atoms with Gasteiger partial charge in [-0.2, -0.15) is 0 Å². The second-order valence-corrected chi connectivity index (χ2v) is 5.34. The van der Waals surface area contributed by atoms with Gasteiger partial charge in [-0.25, -0.2) is 0 Å². The van der Waals surface area contributed by atoms with Crippen molar-refractivity contribution in [2.24, 2.45) is 5.73 Å². The first-order valence-corrected chi connectivity index (χ1v) is 7.27. The molecule has 2 N–H and O–H groups in total. The van der Waals surface area contributed by atoms with Gasteiger partial charge >= 0.3 is 0 Å². The third-order valence-electron chi connectivity index (χ3n) is 3.57. The molecule has 0 radical (unpaired) electrons. The first kappa shape index (κ1) is 16.0. The maximum absolute atomic E-state index is 12.4. The summed E-state index contributed by atoms with van der Waals surface area (Å²) in [6.45, 7) is 0.565. The Kier molecular flexibility index (Phi) is 5.55. The van der Waals surface area contributed by atoms with E-state index in [2.05, 4.69) is 0 Å². The zero-order chi connectivity index (χ0) is 15.9. The van der Waals surface area contributed by atoms with E-state index >= 15 is 0 Å². The molecule has 116 valence electrons. The van der Waals surface area contributed by atoms with Gasteiger partial charge < -0.3 is 15.4 Å². The zero-order valence-corrected chi connectivity index (χ0v) is 13.0. The molecule has 0 saturated carbocycles. The molecule has 2 aromatic carbocycles. The van der Waals surface area contributed by atoms with E-state index < -0.39 is 6.04 Å². The van der Waals surface area contributed by atoms with E-state index in [0.29, 0.717) is 13.0 Å². The second kappa shape index (κ2) is 7.61. The molecule has 0 aliphatic rings. The van der Waals surface area contributed by atoms with Gasteiger partial charge in [0.15, 0.2) is 0 Å². The van der Waals surface area contributed by atoms with E-state index in [0.717, 1.165) is 16.9 Å². The second-order valence-electron chi connectivity index (χ2n) is 5.34. The molecule has 22 heavy (non-hydrogen) atoms. The summed E-state index contributed by atoms with van der Waals surface area (Å²) >= 11 is 0. The van der Waals surface area contributed by atoms with Crippen LogP contribution < -0.4 is 10.5 Å². The Labute approximate surface area is 131 Å². The molecule has 4 nitrogen and oxygen atoms in total. The predicted molar refractivity (Wildman–Crippen MR) is 87.6 cm³/mol. The highest BCUT2D eigenvalue weighted by Gasteiger charge is 2.18. The minimum atomic E-state index is -0.540. The van der Waals surface area contributed by atoms with Gasteiger partial charge in [-0.3, -0.25) is 4.79 Å². The number of carbonyl (C=O) groups excluding carboxylic acids is 1. The standard InChI is InChI=1S/C18H22N2O2/c1-20(13-15-6-4-3-5-7-15)18(21)17(19)12-14-8-10-16(22-2)11-9-14/h3-11,17H,12-13,19H2,1-2H3/t17-/m0/s1. The van der Waals surface area contributed by atoms with Gasteiger partial charge in [0.25, 0.3) is 0 Å². The molecule has 0 saturated heterocycles. The highest BCUT2D eigenvalue weighted by atomic mass is 16.5. The summed E-state index contributed by atoms with van der Waals surface area (Å²) in [6, 6.07) is 17.0. The third-order valence-corrected chi connectivity index (χ3v) is 3.57.